The summed E-state index contributed by atoms with van der Waals surface area (Å²) in [6.45, 7) is 4.52. The monoisotopic (exact) mass is 219 g/mol. The maximum Gasteiger partial charge on any atom is 0.0790 e. The quantitative estimate of drug-likeness (QED) is 0.350. The highest BCUT2D eigenvalue weighted by molar-refractivity contribution is 5.31. The van der Waals surface area contributed by atoms with Crippen molar-refractivity contribution in [3.05, 3.63) is 45.3 Å². The van der Waals surface area contributed by atoms with Crippen LogP contribution in [0.5, 0.6) is 0 Å². The van der Waals surface area contributed by atoms with Crippen LogP contribution in [0.15, 0.2) is 23.3 Å². The lowest BCUT2D eigenvalue weighted by atomic mass is 10.00. The molecule has 1 aromatic rings. The topological polar surface area (TPSA) is 69.0 Å². The zero-order valence-corrected chi connectivity index (χ0v) is 9.72. The lowest BCUT2D eigenvalue weighted by Gasteiger charge is -2.11. The van der Waals surface area contributed by atoms with Crippen LogP contribution in [-0.4, -0.2) is 11.7 Å². The van der Waals surface area contributed by atoms with Gasteiger partial charge in [0.1, 0.15) is 0 Å². The predicted octanol–water partition coefficient (Wildman–Crippen LogP) is 3.43. The summed E-state index contributed by atoms with van der Waals surface area (Å²) in [5, 5.41) is 13.3. The molecule has 1 N–H and O–H groups in total. The molecule has 0 bridgehead atoms. The van der Waals surface area contributed by atoms with Gasteiger partial charge in [-0.1, -0.05) is 23.3 Å². The van der Waals surface area contributed by atoms with Crippen LogP contribution in [0, 0.1) is 13.8 Å². The number of rotatable bonds is 5. The molecule has 86 valence electrons. The molecule has 0 aliphatic rings. The summed E-state index contributed by atoms with van der Waals surface area (Å²) in [5.41, 5.74) is 11.5. The molecule has 0 saturated carbocycles. The summed E-state index contributed by atoms with van der Waals surface area (Å²) in [7, 11) is 0. The number of aliphatic hydroxyl groups is 1. The van der Waals surface area contributed by atoms with E-state index in [4.69, 9.17) is 5.53 Å². The first kappa shape index (κ1) is 12.6. The maximum atomic E-state index is 9.90. The lowest BCUT2D eigenvalue weighted by Crippen LogP contribution is -1.99. The minimum Gasteiger partial charge on any atom is -0.388 e. The molecule has 0 fully saturated rings. The molecule has 0 heterocycles. The van der Waals surface area contributed by atoms with E-state index in [0.717, 1.165) is 5.56 Å². The molecule has 4 nitrogen and oxygen atoms in total. The molecule has 1 rings (SSSR count). The molecule has 0 aliphatic carbocycles. The fourth-order valence-electron chi connectivity index (χ4n) is 1.54. The highest BCUT2D eigenvalue weighted by Gasteiger charge is 2.07. The number of hydrogen-bond acceptors (Lipinski definition) is 2. The average molecular weight is 219 g/mol. The van der Waals surface area contributed by atoms with E-state index in [2.05, 4.69) is 10.0 Å². The Balaban J connectivity index is 2.55. The van der Waals surface area contributed by atoms with Crippen LogP contribution in [0.3, 0.4) is 0 Å². The Morgan fingerprint density at radius 2 is 2.12 bits per heavy atom. The molecule has 0 aliphatic heterocycles. The Morgan fingerprint density at radius 3 is 2.75 bits per heavy atom. The van der Waals surface area contributed by atoms with Crippen LogP contribution in [-0.2, 0) is 0 Å². The largest absolute Gasteiger partial charge is 0.388 e. The highest BCUT2D eigenvalue weighted by Crippen LogP contribution is 2.20. The minimum atomic E-state index is -0.465. The second-order valence-corrected chi connectivity index (χ2v) is 3.96. The Bertz CT molecular complexity index is 397. The van der Waals surface area contributed by atoms with Crippen molar-refractivity contribution in [1.82, 2.24) is 0 Å². The molecule has 0 radical (unpaired) electrons. The van der Waals surface area contributed by atoms with E-state index in [0.29, 0.717) is 19.4 Å². The van der Waals surface area contributed by atoms with Crippen LogP contribution >= 0.6 is 0 Å². The molecule has 1 atom stereocenters. The summed E-state index contributed by atoms with van der Waals surface area (Å²) in [6.07, 6.45) is 0.868. The molecular weight excluding hydrogens is 202 g/mol. The van der Waals surface area contributed by atoms with Crippen molar-refractivity contribution in [3.63, 3.8) is 0 Å². The molecule has 4 heteroatoms. The molecule has 0 saturated heterocycles. The van der Waals surface area contributed by atoms with Crippen LogP contribution < -0.4 is 0 Å². The third-order valence-electron chi connectivity index (χ3n) is 2.71. The van der Waals surface area contributed by atoms with Gasteiger partial charge in [-0.05, 0) is 48.9 Å². The number of aliphatic hydroxyl groups excluding tert-OH is 1. The maximum absolute atomic E-state index is 9.90. The highest BCUT2D eigenvalue weighted by atomic mass is 16.3. The summed E-state index contributed by atoms with van der Waals surface area (Å²) < 4.78 is 0. The minimum absolute atomic E-state index is 0.443. The fourth-order valence-corrected chi connectivity index (χ4v) is 1.54. The van der Waals surface area contributed by atoms with Crippen molar-refractivity contribution in [2.45, 2.75) is 32.8 Å². The molecule has 1 unspecified atom stereocenters. The second-order valence-electron chi connectivity index (χ2n) is 3.96. The summed E-state index contributed by atoms with van der Waals surface area (Å²) in [6, 6.07) is 5.97. The zero-order chi connectivity index (χ0) is 12.0. The number of benzene rings is 1. The second kappa shape index (κ2) is 6.16. The van der Waals surface area contributed by atoms with Gasteiger partial charge in [-0.25, -0.2) is 0 Å². The van der Waals surface area contributed by atoms with Crippen LogP contribution in [0.25, 0.3) is 10.4 Å². The van der Waals surface area contributed by atoms with Gasteiger partial charge in [-0.15, -0.1) is 0 Å². The van der Waals surface area contributed by atoms with Crippen LogP contribution in [0.2, 0.25) is 0 Å². The Hall–Kier alpha value is -1.51. The summed E-state index contributed by atoms with van der Waals surface area (Å²) >= 11 is 0. The number of hydrogen-bond donors (Lipinski definition) is 1. The van der Waals surface area contributed by atoms with Gasteiger partial charge in [0.15, 0.2) is 0 Å². The van der Waals surface area contributed by atoms with Gasteiger partial charge in [0.05, 0.1) is 6.10 Å². The first-order valence-electron chi connectivity index (χ1n) is 5.41. The van der Waals surface area contributed by atoms with Crippen LogP contribution in [0.4, 0.5) is 0 Å². The van der Waals surface area contributed by atoms with Gasteiger partial charge in [0.25, 0.3) is 0 Å². The molecule has 0 spiro atoms. The molecule has 0 aromatic heterocycles. The predicted molar refractivity (Wildman–Crippen MR) is 64.1 cm³/mol. The van der Waals surface area contributed by atoms with Gasteiger partial charge >= 0.3 is 0 Å². The number of aryl methyl sites for hydroxylation is 2. The third-order valence-corrected chi connectivity index (χ3v) is 2.71. The van der Waals surface area contributed by atoms with Crippen LogP contribution in [0.1, 0.15) is 35.6 Å². The summed E-state index contributed by atoms with van der Waals surface area (Å²) in [4.78, 5) is 2.67. The molecule has 0 amide bonds. The van der Waals surface area contributed by atoms with Crippen molar-refractivity contribution < 1.29 is 5.11 Å². The average Bonchev–Trinajstić information content (AvgIpc) is 2.28. The molecule has 1 aromatic carbocycles. The van der Waals surface area contributed by atoms with Crippen molar-refractivity contribution in [2.24, 2.45) is 5.11 Å². The van der Waals surface area contributed by atoms with E-state index in [-0.39, 0.29) is 0 Å². The molecular formula is C12H17N3O. The van der Waals surface area contributed by atoms with Gasteiger partial charge in [0, 0.05) is 11.5 Å². The van der Waals surface area contributed by atoms with E-state index >= 15 is 0 Å². The first-order chi connectivity index (χ1) is 7.65. The van der Waals surface area contributed by atoms with E-state index in [9.17, 15) is 5.11 Å². The SMILES string of the molecule is Cc1ccc(C(O)CCCN=[N+]=[N-])cc1C. The van der Waals surface area contributed by atoms with Crippen molar-refractivity contribution >= 4 is 0 Å². The third kappa shape index (κ3) is 3.57. The van der Waals surface area contributed by atoms with E-state index in [1.165, 1.54) is 11.1 Å². The lowest BCUT2D eigenvalue weighted by molar-refractivity contribution is 0.165. The first-order valence-corrected chi connectivity index (χ1v) is 5.41. The summed E-state index contributed by atoms with van der Waals surface area (Å²) in [5.74, 6) is 0. The Labute approximate surface area is 95.5 Å². The van der Waals surface area contributed by atoms with Gasteiger partial charge in [-0.2, -0.15) is 0 Å². The molecule has 16 heavy (non-hydrogen) atoms. The number of nitrogens with zero attached hydrogens (tertiary/aromatic N) is 3. The van der Waals surface area contributed by atoms with E-state index in [1.807, 2.05) is 32.0 Å². The zero-order valence-electron chi connectivity index (χ0n) is 9.72. The Morgan fingerprint density at radius 1 is 1.38 bits per heavy atom. The normalized spacial score (nSPS) is 11.9. The van der Waals surface area contributed by atoms with Crippen molar-refractivity contribution in [1.29, 1.82) is 0 Å². The van der Waals surface area contributed by atoms with Gasteiger partial charge < -0.3 is 5.11 Å². The van der Waals surface area contributed by atoms with Gasteiger partial charge in [0.2, 0.25) is 0 Å². The Kier molecular flexibility index (Phi) is 4.83. The van der Waals surface area contributed by atoms with E-state index < -0.39 is 6.10 Å². The smallest absolute Gasteiger partial charge is 0.0790 e. The number of azide groups is 1. The van der Waals surface area contributed by atoms with Crippen molar-refractivity contribution in [3.8, 4) is 0 Å². The fraction of sp³-hybridized carbons (Fsp3) is 0.500. The van der Waals surface area contributed by atoms with E-state index in [1.54, 1.807) is 0 Å². The van der Waals surface area contributed by atoms with Crippen molar-refractivity contribution in [2.75, 3.05) is 6.54 Å². The standard InChI is InChI=1S/C12H17N3O/c1-9-5-6-11(8-10(9)2)12(16)4-3-7-14-15-13/h5-6,8,12,16H,3-4,7H2,1-2H3. The van der Waals surface area contributed by atoms with Gasteiger partial charge in [-0.3, -0.25) is 0 Å².